The van der Waals surface area contributed by atoms with Crippen molar-refractivity contribution in [3.63, 3.8) is 0 Å². The van der Waals surface area contributed by atoms with Gasteiger partial charge < -0.3 is 9.05 Å². The normalized spacial score (nSPS) is 12.7. The van der Waals surface area contributed by atoms with E-state index in [0.29, 0.717) is 6.61 Å². The van der Waals surface area contributed by atoms with Gasteiger partial charge in [-0.3, -0.25) is 4.52 Å². The summed E-state index contributed by atoms with van der Waals surface area (Å²) >= 11 is 0. The lowest BCUT2D eigenvalue weighted by Crippen LogP contribution is -2.12. The highest BCUT2D eigenvalue weighted by Gasteiger charge is 2.20. The highest BCUT2D eigenvalue weighted by atomic mass is 31.2. The van der Waals surface area contributed by atoms with Crippen LogP contribution in [0.4, 0.5) is 0 Å². The second kappa shape index (κ2) is 21.0. The molecule has 0 heterocycles. The lowest BCUT2D eigenvalue weighted by atomic mass is 9.85. The minimum absolute atomic E-state index is 0.0850. The van der Waals surface area contributed by atoms with Crippen molar-refractivity contribution in [2.24, 2.45) is 0 Å². The van der Waals surface area contributed by atoms with Crippen LogP contribution in [-0.2, 0) is 15.4 Å². The number of benzene rings is 2. The van der Waals surface area contributed by atoms with Crippen molar-refractivity contribution < 1.29 is 13.6 Å². The molecule has 43 heavy (non-hydrogen) atoms. The molecule has 0 saturated carbocycles. The van der Waals surface area contributed by atoms with Crippen molar-refractivity contribution in [1.82, 2.24) is 0 Å². The maximum absolute atomic E-state index is 6.24. The first kappa shape index (κ1) is 37.4. The molecule has 1 atom stereocenters. The highest BCUT2D eigenvalue weighted by Crippen LogP contribution is 2.42. The first-order chi connectivity index (χ1) is 20.7. The molecule has 0 bridgehead atoms. The minimum Gasteiger partial charge on any atom is -0.418 e. The van der Waals surface area contributed by atoms with E-state index in [1.165, 1.54) is 107 Å². The van der Waals surface area contributed by atoms with Gasteiger partial charge in [0, 0.05) is 5.41 Å². The van der Waals surface area contributed by atoms with Crippen LogP contribution in [0.2, 0.25) is 0 Å². The van der Waals surface area contributed by atoms with Gasteiger partial charge in [0.1, 0.15) is 11.5 Å². The molecule has 0 N–H and O–H groups in total. The molecule has 0 radical (unpaired) electrons. The van der Waals surface area contributed by atoms with Crippen LogP contribution in [0.15, 0.2) is 61.2 Å². The monoisotopic (exact) mass is 610 g/mol. The Labute approximate surface area is 267 Å². The standard InChI is InChI=1S/C39H63O3P/c1-8-10-11-12-13-14-15-16-17-18-19-20-21-22-23-24-33-40-43(41-36-29-25-34(26-30-36)38(3,4)5)42-37-31-27-35(28-32-37)39(6,7)9-2/h9,25-32H,2,8,10-24,33H2,1,3-7H3. The quantitative estimate of drug-likeness (QED) is 0.0672. The van der Waals surface area contributed by atoms with Crippen molar-refractivity contribution in [1.29, 1.82) is 0 Å². The Bertz CT molecular complexity index is 975. The Morgan fingerprint density at radius 1 is 0.558 bits per heavy atom. The summed E-state index contributed by atoms with van der Waals surface area (Å²) in [5.41, 5.74) is 2.49. The number of unbranched alkanes of at least 4 members (excludes halogenated alkanes) is 15. The maximum atomic E-state index is 6.24. The van der Waals surface area contributed by atoms with Crippen molar-refractivity contribution in [3.8, 4) is 11.5 Å². The molecule has 0 aromatic heterocycles. The van der Waals surface area contributed by atoms with Gasteiger partial charge in [-0.1, -0.05) is 168 Å². The van der Waals surface area contributed by atoms with Crippen LogP contribution < -0.4 is 9.05 Å². The predicted octanol–water partition coefficient (Wildman–Crippen LogP) is 13.4. The third-order valence-electron chi connectivity index (χ3n) is 8.38. The number of hydrogen-bond acceptors (Lipinski definition) is 3. The molecule has 0 fully saturated rings. The van der Waals surface area contributed by atoms with E-state index < -0.39 is 8.60 Å². The Balaban J connectivity index is 1.70. The van der Waals surface area contributed by atoms with Crippen molar-refractivity contribution in [3.05, 3.63) is 72.3 Å². The topological polar surface area (TPSA) is 27.7 Å². The predicted molar refractivity (Wildman–Crippen MR) is 188 cm³/mol. The van der Waals surface area contributed by atoms with E-state index in [-0.39, 0.29) is 10.8 Å². The minimum atomic E-state index is -1.56. The Morgan fingerprint density at radius 2 is 0.930 bits per heavy atom. The summed E-state index contributed by atoms with van der Waals surface area (Å²) in [6, 6.07) is 16.5. The lowest BCUT2D eigenvalue weighted by Gasteiger charge is -2.22. The van der Waals surface area contributed by atoms with E-state index in [1.54, 1.807) is 0 Å². The zero-order valence-electron chi connectivity index (χ0n) is 28.6. The van der Waals surface area contributed by atoms with Crippen LogP contribution in [-0.4, -0.2) is 6.61 Å². The largest absolute Gasteiger partial charge is 0.463 e. The zero-order chi connectivity index (χ0) is 31.4. The summed E-state index contributed by atoms with van der Waals surface area (Å²) in [5, 5.41) is 0. The van der Waals surface area contributed by atoms with E-state index in [1.807, 2.05) is 30.3 Å². The van der Waals surface area contributed by atoms with Crippen molar-refractivity contribution in [2.75, 3.05) is 6.61 Å². The van der Waals surface area contributed by atoms with E-state index in [9.17, 15) is 0 Å². The molecule has 2 aromatic carbocycles. The van der Waals surface area contributed by atoms with Crippen LogP contribution >= 0.6 is 8.60 Å². The third kappa shape index (κ3) is 16.2. The average molecular weight is 611 g/mol. The Hall–Kier alpha value is -1.83. The molecule has 0 aliphatic heterocycles. The molecule has 1 unspecified atom stereocenters. The molecule has 0 amide bonds. The SMILES string of the molecule is C=CC(C)(C)c1ccc(OP(OCCCCCCCCCCCCCCCCCC)Oc2ccc(C(C)(C)C)cc2)cc1. The van der Waals surface area contributed by atoms with Gasteiger partial charge in [0.15, 0.2) is 0 Å². The smallest absolute Gasteiger partial charge is 0.418 e. The molecule has 2 rings (SSSR count). The molecular weight excluding hydrogens is 547 g/mol. The molecule has 2 aromatic rings. The van der Waals surface area contributed by atoms with E-state index in [0.717, 1.165) is 17.9 Å². The molecular formula is C39H63O3P. The Morgan fingerprint density at radius 3 is 1.30 bits per heavy atom. The second-order valence-corrected chi connectivity index (χ2v) is 14.8. The molecule has 3 nitrogen and oxygen atoms in total. The summed E-state index contributed by atoms with van der Waals surface area (Å²) in [7, 11) is -1.56. The zero-order valence-corrected chi connectivity index (χ0v) is 29.5. The fourth-order valence-electron chi connectivity index (χ4n) is 5.11. The molecule has 0 spiro atoms. The van der Waals surface area contributed by atoms with Gasteiger partial charge in [-0.2, -0.15) is 0 Å². The second-order valence-electron chi connectivity index (χ2n) is 13.8. The number of allylic oxidation sites excluding steroid dienone is 1. The summed E-state index contributed by atoms with van der Waals surface area (Å²) in [5.74, 6) is 1.53. The van der Waals surface area contributed by atoms with E-state index in [4.69, 9.17) is 13.6 Å². The van der Waals surface area contributed by atoms with E-state index >= 15 is 0 Å². The molecule has 0 aliphatic rings. The van der Waals surface area contributed by atoms with Gasteiger partial charge in [0.2, 0.25) is 0 Å². The highest BCUT2D eigenvalue weighted by molar-refractivity contribution is 7.42. The first-order valence-corrected chi connectivity index (χ1v) is 18.4. The van der Waals surface area contributed by atoms with Crippen LogP contribution in [0, 0.1) is 0 Å². The van der Waals surface area contributed by atoms with Gasteiger partial charge in [0.05, 0.1) is 6.61 Å². The van der Waals surface area contributed by atoms with Crippen molar-refractivity contribution >= 4 is 8.60 Å². The maximum Gasteiger partial charge on any atom is 0.463 e. The van der Waals surface area contributed by atoms with Gasteiger partial charge in [-0.15, -0.1) is 6.58 Å². The molecule has 0 aliphatic carbocycles. The van der Waals surface area contributed by atoms with Crippen molar-refractivity contribution in [2.45, 2.75) is 155 Å². The molecule has 0 saturated heterocycles. The number of hydrogen-bond donors (Lipinski definition) is 0. The third-order valence-corrected chi connectivity index (χ3v) is 9.50. The van der Waals surface area contributed by atoms with Gasteiger partial charge in [-0.25, -0.2) is 0 Å². The lowest BCUT2D eigenvalue weighted by molar-refractivity contribution is 0.258. The summed E-state index contributed by atoms with van der Waals surface area (Å²) < 4.78 is 18.7. The fourth-order valence-corrected chi connectivity index (χ4v) is 6.12. The van der Waals surface area contributed by atoms with Crippen LogP contribution in [0.1, 0.15) is 155 Å². The Kier molecular flexibility index (Phi) is 18.2. The average Bonchev–Trinajstić information content (AvgIpc) is 2.98. The molecule has 242 valence electrons. The fraction of sp³-hybridized carbons (Fsp3) is 0.641. The van der Waals surface area contributed by atoms with Gasteiger partial charge in [-0.05, 0) is 47.2 Å². The molecule has 4 heteroatoms. The van der Waals surface area contributed by atoms with Gasteiger partial charge in [0.25, 0.3) is 0 Å². The summed E-state index contributed by atoms with van der Waals surface area (Å²) in [4.78, 5) is 0. The van der Waals surface area contributed by atoms with Crippen LogP contribution in [0.25, 0.3) is 0 Å². The summed E-state index contributed by atoms with van der Waals surface area (Å²) in [6.45, 7) is 17.9. The number of rotatable bonds is 24. The summed E-state index contributed by atoms with van der Waals surface area (Å²) in [6.07, 6.45) is 23.7. The van der Waals surface area contributed by atoms with E-state index in [2.05, 4.69) is 72.4 Å². The van der Waals surface area contributed by atoms with Crippen LogP contribution in [0.3, 0.4) is 0 Å². The first-order valence-electron chi connectivity index (χ1n) is 17.3. The van der Waals surface area contributed by atoms with Crippen LogP contribution in [0.5, 0.6) is 11.5 Å². The van der Waals surface area contributed by atoms with Gasteiger partial charge >= 0.3 is 8.60 Å².